The van der Waals surface area contributed by atoms with Gasteiger partial charge in [0.15, 0.2) is 0 Å². The molecule has 0 spiro atoms. The summed E-state index contributed by atoms with van der Waals surface area (Å²) in [6.45, 7) is 5.92. The molecule has 36 heavy (non-hydrogen) atoms. The van der Waals surface area contributed by atoms with E-state index in [1.807, 2.05) is 43.4 Å². The Morgan fingerprint density at radius 1 is 1.11 bits per heavy atom. The third kappa shape index (κ3) is 6.21. The second-order valence-electron chi connectivity index (χ2n) is 9.66. The smallest absolute Gasteiger partial charge is 0.257 e. The molecule has 1 aromatic heterocycles. The van der Waals surface area contributed by atoms with Crippen LogP contribution >= 0.6 is 0 Å². The number of anilines is 1. The van der Waals surface area contributed by atoms with E-state index in [0.717, 1.165) is 38.2 Å². The van der Waals surface area contributed by atoms with Crippen molar-refractivity contribution in [2.24, 2.45) is 5.92 Å². The fraction of sp³-hybridized carbons (Fsp3) is 0.379. The minimum atomic E-state index is -0.233. The van der Waals surface area contributed by atoms with Gasteiger partial charge >= 0.3 is 0 Å². The zero-order valence-corrected chi connectivity index (χ0v) is 21.2. The lowest BCUT2D eigenvalue weighted by molar-refractivity contribution is -0.114. The first-order chi connectivity index (χ1) is 17.3. The number of likely N-dealkylation sites (N-methyl/N-ethyl adjacent to an activating group) is 1. The molecule has 3 aromatic rings. The Morgan fingerprint density at radius 3 is 2.42 bits per heavy atom. The Bertz CT molecular complexity index is 1180. The monoisotopic (exact) mass is 491 g/mol. The summed E-state index contributed by atoms with van der Waals surface area (Å²) in [5.74, 6) is 0.438. The number of hydrogen-bond acceptors (Lipinski definition) is 4. The van der Waals surface area contributed by atoms with E-state index in [-0.39, 0.29) is 29.6 Å². The molecule has 190 valence electrons. The molecule has 0 saturated carbocycles. The number of furan rings is 1. The van der Waals surface area contributed by atoms with Crippen LogP contribution < -0.4 is 5.32 Å². The Morgan fingerprint density at radius 2 is 1.81 bits per heavy atom. The zero-order valence-electron chi connectivity index (χ0n) is 21.2. The molecule has 2 aromatic carbocycles. The highest BCUT2D eigenvalue weighted by Gasteiger charge is 2.33. The first kappa shape index (κ1) is 25.6. The number of carbonyl (C=O) groups is 2. The van der Waals surface area contributed by atoms with Crippen LogP contribution in [0, 0.1) is 18.7 Å². The summed E-state index contributed by atoms with van der Waals surface area (Å²) in [5.41, 5.74) is 3.17. The molecule has 4 rings (SSSR count). The van der Waals surface area contributed by atoms with Gasteiger partial charge in [0, 0.05) is 32.2 Å². The Labute approximate surface area is 212 Å². The number of likely N-dealkylation sites (tertiary alicyclic amines) is 1. The number of halogens is 1. The number of nitrogens with zero attached hydrogens (tertiary/aromatic N) is 2. The van der Waals surface area contributed by atoms with Crippen LogP contribution in [0.4, 0.5) is 10.1 Å². The van der Waals surface area contributed by atoms with Crippen LogP contribution in [-0.4, -0.2) is 47.8 Å². The van der Waals surface area contributed by atoms with Crippen LogP contribution in [0.3, 0.4) is 0 Å². The number of aryl methyl sites for hydroxylation is 1. The minimum Gasteiger partial charge on any atom is -0.469 e. The highest BCUT2D eigenvalue weighted by molar-refractivity contribution is 5.95. The fourth-order valence-electron chi connectivity index (χ4n) is 5.11. The topological polar surface area (TPSA) is 65.8 Å². The van der Waals surface area contributed by atoms with Gasteiger partial charge in [-0.2, -0.15) is 0 Å². The third-order valence-corrected chi connectivity index (χ3v) is 7.15. The van der Waals surface area contributed by atoms with Crippen LogP contribution in [0.5, 0.6) is 0 Å². The molecule has 1 N–H and O–H groups in total. The van der Waals surface area contributed by atoms with Crippen molar-refractivity contribution in [2.75, 3.05) is 25.5 Å². The first-order valence-electron chi connectivity index (χ1n) is 12.5. The first-order valence-corrected chi connectivity index (χ1v) is 12.5. The second-order valence-corrected chi connectivity index (χ2v) is 9.66. The van der Waals surface area contributed by atoms with Gasteiger partial charge in [-0.3, -0.25) is 14.5 Å². The molecule has 1 atom stereocenters. The van der Waals surface area contributed by atoms with E-state index in [0.29, 0.717) is 23.3 Å². The van der Waals surface area contributed by atoms with Gasteiger partial charge in [-0.15, -0.1) is 0 Å². The Hall–Kier alpha value is -3.45. The van der Waals surface area contributed by atoms with Crippen LogP contribution in [0.15, 0.2) is 65.3 Å². The van der Waals surface area contributed by atoms with Crippen LogP contribution in [-0.2, 0) is 17.8 Å². The van der Waals surface area contributed by atoms with Crippen LogP contribution in [0.25, 0.3) is 0 Å². The number of piperidine rings is 1. The molecule has 0 radical (unpaired) electrons. The Kier molecular flexibility index (Phi) is 8.21. The number of carbonyl (C=O) groups excluding carboxylic acids is 2. The van der Waals surface area contributed by atoms with Gasteiger partial charge in [-0.1, -0.05) is 30.3 Å². The maximum absolute atomic E-state index is 14.6. The van der Waals surface area contributed by atoms with Crippen molar-refractivity contribution in [3.8, 4) is 0 Å². The average molecular weight is 492 g/mol. The number of hydrogen-bond donors (Lipinski definition) is 1. The van der Waals surface area contributed by atoms with E-state index in [9.17, 15) is 14.0 Å². The van der Waals surface area contributed by atoms with E-state index in [1.54, 1.807) is 24.0 Å². The van der Waals surface area contributed by atoms with Gasteiger partial charge in [0.25, 0.3) is 5.91 Å². The van der Waals surface area contributed by atoms with Gasteiger partial charge in [-0.05, 0) is 80.6 Å². The molecule has 0 aliphatic carbocycles. The number of rotatable bonds is 8. The molecule has 6 nitrogen and oxygen atoms in total. The van der Waals surface area contributed by atoms with Crippen molar-refractivity contribution >= 4 is 17.5 Å². The molecule has 0 unspecified atom stereocenters. The average Bonchev–Trinajstić information content (AvgIpc) is 3.30. The molecular formula is C29H34FN3O3. The van der Waals surface area contributed by atoms with Gasteiger partial charge < -0.3 is 14.6 Å². The van der Waals surface area contributed by atoms with Crippen molar-refractivity contribution in [3.05, 3.63) is 89.1 Å². The maximum Gasteiger partial charge on any atom is 0.257 e. The van der Waals surface area contributed by atoms with Crippen molar-refractivity contribution < 1.29 is 18.4 Å². The largest absolute Gasteiger partial charge is 0.469 e. The number of benzene rings is 2. The molecule has 1 aliphatic heterocycles. The summed E-state index contributed by atoms with van der Waals surface area (Å²) in [5, 5.41) is 2.79. The molecule has 2 heterocycles. The number of amides is 2. The molecule has 1 fully saturated rings. The quantitative estimate of drug-likeness (QED) is 0.466. The number of nitrogens with one attached hydrogen (secondary N) is 1. The highest BCUT2D eigenvalue weighted by atomic mass is 19.1. The lowest BCUT2D eigenvalue weighted by Gasteiger charge is -2.40. The van der Waals surface area contributed by atoms with Gasteiger partial charge in [-0.25, -0.2) is 4.39 Å². The lowest BCUT2D eigenvalue weighted by atomic mass is 9.84. The third-order valence-electron chi connectivity index (χ3n) is 7.15. The lowest BCUT2D eigenvalue weighted by Crippen LogP contribution is -2.47. The van der Waals surface area contributed by atoms with Crippen molar-refractivity contribution in [1.82, 2.24) is 9.80 Å². The summed E-state index contributed by atoms with van der Waals surface area (Å²) in [6.07, 6.45) is 3.85. The SMILES string of the molecule is CC(=O)Nc1ccc(CN2CCC([C@H](Cc3ccccc3F)N(C)C(=O)c3ccoc3C)CC2)cc1. The molecule has 7 heteroatoms. The standard InChI is InChI=1S/C29H34FN3O3/c1-20-26(14-17-36-20)29(35)32(3)28(18-24-6-4-5-7-27(24)30)23-12-15-33(16-13-23)19-22-8-10-25(11-9-22)31-21(2)34/h4-11,14,17,23,28H,12-13,15-16,18-19H2,1-3H3,(H,31,34)/t28-/m0/s1. The molecule has 1 saturated heterocycles. The van der Waals surface area contributed by atoms with Gasteiger partial charge in [0.05, 0.1) is 11.8 Å². The predicted molar refractivity (Wildman–Crippen MR) is 138 cm³/mol. The summed E-state index contributed by atoms with van der Waals surface area (Å²) < 4.78 is 19.9. The van der Waals surface area contributed by atoms with E-state index in [2.05, 4.69) is 10.2 Å². The minimum absolute atomic E-state index is 0.0823. The van der Waals surface area contributed by atoms with Crippen molar-refractivity contribution in [1.29, 1.82) is 0 Å². The molecule has 0 bridgehead atoms. The zero-order chi connectivity index (χ0) is 25.7. The summed E-state index contributed by atoms with van der Waals surface area (Å²) in [4.78, 5) is 28.8. The fourth-order valence-corrected chi connectivity index (χ4v) is 5.11. The van der Waals surface area contributed by atoms with Gasteiger partial charge in [0.2, 0.25) is 5.91 Å². The van der Waals surface area contributed by atoms with Crippen molar-refractivity contribution in [2.45, 2.75) is 45.7 Å². The summed E-state index contributed by atoms with van der Waals surface area (Å²) >= 11 is 0. The van der Waals surface area contributed by atoms with E-state index in [4.69, 9.17) is 4.42 Å². The Balaban J connectivity index is 1.44. The second kappa shape index (κ2) is 11.5. The van der Waals surface area contributed by atoms with Gasteiger partial charge in [0.1, 0.15) is 11.6 Å². The van der Waals surface area contributed by atoms with Crippen LogP contribution in [0.1, 0.15) is 47.0 Å². The van der Waals surface area contributed by atoms with E-state index >= 15 is 0 Å². The molecule has 1 aliphatic rings. The molecular weight excluding hydrogens is 457 g/mol. The summed E-state index contributed by atoms with van der Waals surface area (Å²) in [6, 6.07) is 16.3. The highest BCUT2D eigenvalue weighted by Crippen LogP contribution is 2.29. The van der Waals surface area contributed by atoms with Crippen molar-refractivity contribution in [3.63, 3.8) is 0 Å². The van der Waals surface area contributed by atoms with E-state index < -0.39 is 0 Å². The summed E-state index contributed by atoms with van der Waals surface area (Å²) in [7, 11) is 1.82. The van der Waals surface area contributed by atoms with E-state index in [1.165, 1.54) is 24.8 Å². The van der Waals surface area contributed by atoms with Crippen LogP contribution in [0.2, 0.25) is 0 Å². The molecule has 2 amide bonds. The predicted octanol–water partition coefficient (Wildman–Crippen LogP) is 5.28. The normalized spacial score (nSPS) is 15.4. The maximum atomic E-state index is 14.6.